The first-order chi connectivity index (χ1) is 13.7. The van der Waals surface area contributed by atoms with E-state index < -0.39 is 22.7 Å². The van der Waals surface area contributed by atoms with Crippen LogP contribution in [0.3, 0.4) is 0 Å². The molecular formula is C21H35O6PS. The van der Waals surface area contributed by atoms with Crippen molar-refractivity contribution >= 4 is 17.7 Å². The molecule has 1 atom stereocenters. The fraction of sp³-hybridized carbons (Fsp3) is 0.619. The SMILES string of the molecule is CCOP(=O)(OCC)C(CCCC=C(C)CCCCc1ccccc1)S(=O)(=O)O. The van der Waals surface area contributed by atoms with Gasteiger partial charge < -0.3 is 9.05 Å². The summed E-state index contributed by atoms with van der Waals surface area (Å²) in [5.74, 6) is 0. The molecule has 0 saturated carbocycles. The summed E-state index contributed by atoms with van der Waals surface area (Å²) < 4.78 is 56.1. The summed E-state index contributed by atoms with van der Waals surface area (Å²) in [6.45, 7) is 5.37. The van der Waals surface area contributed by atoms with Crippen LogP contribution in [0.2, 0.25) is 0 Å². The van der Waals surface area contributed by atoms with Crippen molar-refractivity contribution < 1.29 is 26.6 Å². The van der Waals surface area contributed by atoms with E-state index in [1.165, 1.54) is 11.1 Å². The lowest BCUT2D eigenvalue weighted by molar-refractivity contribution is 0.215. The van der Waals surface area contributed by atoms with E-state index in [0.717, 1.165) is 25.7 Å². The van der Waals surface area contributed by atoms with Gasteiger partial charge in [0.15, 0.2) is 4.99 Å². The van der Waals surface area contributed by atoms with Crippen LogP contribution in [0.25, 0.3) is 0 Å². The molecule has 1 aromatic carbocycles. The largest absolute Gasteiger partial charge is 0.351 e. The van der Waals surface area contributed by atoms with Crippen molar-refractivity contribution in [3.63, 3.8) is 0 Å². The summed E-state index contributed by atoms with van der Waals surface area (Å²) in [5, 5.41) is 0. The number of hydrogen-bond donors (Lipinski definition) is 1. The molecular weight excluding hydrogens is 411 g/mol. The molecule has 0 spiro atoms. The van der Waals surface area contributed by atoms with Crippen LogP contribution in [0.1, 0.15) is 64.9 Å². The second-order valence-electron chi connectivity index (χ2n) is 7.02. The Labute approximate surface area is 176 Å². The Morgan fingerprint density at radius 2 is 1.72 bits per heavy atom. The Morgan fingerprint density at radius 1 is 1.10 bits per heavy atom. The van der Waals surface area contributed by atoms with Gasteiger partial charge in [-0.1, -0.05) is 42.0 Å². The van der Waals surface area contributed by atoms with Crippen LogP contribution in [0.4, 0.5) is 0 Å². The van der Waals surface area contributed by atoms with Gasteiger partial charge in [-0.3, -0.25) is 9.12 Å². The Balaban J connectivity index is 2.47. The molecule has 0 fully saturated rings. The number of hydrogen-bond acceptors (Lipinski definition) is 5. The van der Waals surface area contributed by atoms with Gasteiger partial charge in [0.2, 0.25) is 0 Å². The summed E-state index contributed by atoms with van der Waals surface area (Å²) in [4.78, 5) is -1.55. The standard InChI is InChI=1S/C21H35O6PS/c1-4-26-28(22,27-5-2)21(29(23,24)25)18-12-10-14-19(3)13-9-11-17-20-15-7-6-8-16-20/h6-8,14-16,21H,4-5,9-13,17-18H2,1-3H3,(H,23,24,25). The van der Waals surface area contributed by atoms with Crippen LogP contribution < -0.4 is 0 Å². The molecule has 0 amide bonds. The monoisotopic (exact) mass is 446 g/mol. The number of benzene rings is 1. The molecule has 0 radical (unpaired) electrons. The molecule has 0 aliphatic carbocycles. The van der Waals surface area contributed by atoms with E-state index in [-0.39, 0.29) is 19.6 Å². The molecule has 0 heterocycles. The minimum absolute atomic E-state index is 0.0217. The highest BCUT2D eigenvalue weighted by Gasteiger charge is 2.43. The van der Waals surface area contributed by atoms with Crippen molar-refractivity contribution in [1.29, 1.82) is 0 Å². The lowest BCUT2D eigenvalue weighted by Crippen LogP contribution is -2.23. The number of aryl methyl sites for hydroxylation is 1. The Kier molecular flexibility index (Phi) is 12.0. The molecule has 6 nitrogen and oxygen atoms in total. The van der Waals surface area contributed by atoms with Gasteiger partial charge in [0.1, 0.15) is 0 Å². The number of unbranched alkanes of at least 4 members (excludes halogenated alkanes) is 2. The molecule has 0 bridgehead atoms. The van der Waals surface area contributed by atoms with Crippen LogP contribution in [-0.4, -0.2) is 31.2 Å². The molecule has 29 heavy (non-hydrogen) atoms. The Morgan fingerprint density at radius 3 is 2.28 bits per heavy atom. The average molecular weight is 447 g/mol. The van der Waals surface area contributed by atoms with E-state index in [1.54, 1.807) is 13.8 Å². The molecule has 1 N–H and O–H groups in total. The van der Waals surface area contributed by atoms with Gasteiger partial charge in [0.05, 0.1) is 13.2 Å². The van der Waals surface area contributed by atoms with Gasteiger partial charge in [-0.2, -0.15) is 8.42 Å². The van der Waals surface area contributed by atoms with Crippen LogP contribution in [-0.2, 0) is 30.2 Å². The molecule has 0 aliphatic heterocycles. The molecule has 1 unspecified atom stereocenters. The van der Waals surface area contributed by atoms with E-state index in [2.05, 4.69) is 37.3 Å². The van der Waals surface area contributed by atoms with Crippen molar-refractivity contribution in [3.8, 4) is 0 Å². The summed E-state index contributed by atoms with van der Waals surface area (Å²) in [7, 11) is -8.47. The maximum atomic E-state index is 12.8. The van der Waals surface area contributed by atoms with Crippen LogP contribution in [0, 0.1) is 0 Å². The smallest absolute Gasteiger partial charge is 0.308 e. The fourth-order valence-electron chi connectivity index (χ4n) is 3.15. The molecule has 0 saturated heterocycles. The number of allylic oxidation sites excluding steroid dienone is 2. The zero-order valence-corrected chi connectivity index (χ0v) is 19.5. The maximum absolute atomic E-state index is 12.8. The van der Waals surface area contributed by atoms with Crippen molar-refractivity contribution in [3.05, 3.63) is 47.5 Å². The van der Waals surface area contributed by atoms with E-state index in [4.69, 9.17) is 9.05 Å². The highest BCUT2D eigenvalue weighted by molar-refractivity contribution is 7.94. The van der Waals surface area contributed by atoms with Gasteiger partial charge in [-0.05, 0) is 71.3 Å². The van der Waals surface area contributed by atoms with Crippen LogP contribution >= 0.6 is 7.60 Å². The van der Waals surface area contributed by atoms with Crippen molar-refractivity contribution in [1.82, 2.24) is 0 Å². The summed E-state index contributed by atoms with van der Waals surface area (Å²) in [6, 6.07) is 10.4. The molecule has 1 aromatic rings. The molecule has 1 rings (SSSR count). The minimum atomic E-state index is -4.55. The van der Waals surface area contributed by atoms with Gasteiger partial charge in [-0.15, -0.1) is 0 Å². The van der Waals surface area contributed by atoms with E-state index in [1.807, 2.05) is 6.07 Å². The predicted octanol–water partition coefficient (Wildman–Crippen LogP) is 6.00. The van der Waals surface area contributed by atoms with Gasteiger partial charge in [0.25, 0.3) is 10.1 Å². The first-order valence-electron chi connectivity index (χ1n) is 10.3. The van der Waals surface area contributed by atoms with Gasteiger partial charge in [-0.25, -0.2) is 0 Å². The van der Waals surface area contributed by atoms with Crippen molar-refractivity contribution in [2.24, 2.45) is 0 Å². The zero-order chi connectivity index (χ0) is 21.8. The van der Waals surface area contributed by atoms with Crippen molar-refractivity contribution in [2.75, 3.05) is 13.2 Å². The van der Waals surface area contributed by atoms with Crippen molar-refractivity contribution in [2.45, 2.75) is 70.7 Å². The summed E-state index contributed by atoms with van der Waals surface area (Å²) in [5.41, 5.74) is 2.60. The summed E-state index contributed by atoms with van der Waals surface area (Å²) >= 11 is 0. The first kappa shape index (κ1) is 26.1. The first-order valence-corrected chi connectivity index (χ1v) is 13.4. The van der Waals surface area contributed by atoms with Gasteiger partial charge in [0, 0.05) is 0 Å². The third-order valence-corrected chi connectivity index (χ3v) is 9.29. The minimum Gasteiger partial charge on any atom is -0.308 e. The fourth-order valence-corrected chi connectivity index (χ4v) is 6.91. The normalized spacial score (nSPS) is 14.1. The third kappa shape index (κ3) is 10.1. The Hall–Kier alpha value is -0.980. The van der Waals surface area contributed by atoms with E-state index in [0.29, 0.717) is 12.8 Å². The highest BCUT2D eigenvalue weighted by atomic mass is 32.2. The Bertz CT molecular complexity index is 751. The molecule has 166 valence electrons. The van der Waals surface area contributed by atoms with Crippen LogP contribution in [0.15, 0.2) is 42.0 Å². The second kappa shape index (κ2) is 13.3. The van der Waals surface area contributed by atoms with E-state index in [9.17, 15) is 17.5 Å². The van der Waals surface area contributed by atoms with Gasteiger partial charge >= 0.3 is 7.60 Å². The quantitative estimate of drug-likeness (QED) is 0.154. The lowest BCUT2D eigenvalue weighted by Gasteiger charge is -2.23. The van der Waals surface area contributed by atoms with E-state index >= 15 is 0 Å². The lowest BCUT2D eigenvalue weighted by atomic mass is 10.0. The summed E-state index contributed by atoms with van der Waals surface area (Å²) in [6.07, 6.45) is 7.48. The molecule has 0 aromatic heterocycles. The average Bonchev–Trinajstić information content (AvgIpc) is 2.65. The topological polar surface area (TPSA) is 89.9 Å². The van der Waals surface area contributed by atoms with Crippen LogP contribution in [0.5, 0.6) is 0 Å². The maximum Gasteiger partial charge on any atom is 0.351 e. The third-order valence-electron chi connectivity index (χ3n) is 4.59. The highest BCUT2D eigenvalue weighted by Crippen LogP contribution is 2.56. The molecule has 8 heteroatoms. The second-order valence-corrected chi connectivity index (χ2v) is 11.2. The number of rotatable bonds is 15. The predicted molar refractivity (Wildman–Crippen MR) is 118 cm³/mol. The molecule has 0 aliphatic rings. The zero-order valence-electron chi connectivity index (χ0n) is 17.7.